The van der Waals surface area contributed by atoms with Crippen LogP contribution in [0.1, 0.15) is 27.3 Å². The first-order valence-corrected chi connectivity index (χ1v) is 9.21. The lowest BCUT2D eigenvalue weighted by atomic mass is 10.2. The molecule has 7 heteroatoms. The van der Waals surface area contributed by atoms with Crippen molar-refractivity contribution in [1.82, 2.24) is 19.6 Å². The fourth-order valence-electron chi connectivity index (χ4n) is 3.18. The molecule has 1 amide bonds. The number of hydrogen-bond acceptors (Lipinski definition) is 3. The van der Waals surface area contributed by atoms with Crippen LogP contribution in [0.15, 0.2) is 66.9 Å². The van der Waals surface area contributed by atoms with E-state index >= 15 is 0 Å². The largest absolute Gasteiger partial charge is 0.307 e. The van der Waals surface area contributed by atoms with E-state index in [-0.39, 0.29) is 11.7 Å². The van der Waals surface area contributed by atoms with Crippen LogP contribution in [0.25, 0.3) is 5.69 Å². The molecule has 0 bridgehead atoms. The van der Waals surface area contributed by atoms with Crippen LogP contribution in [0.5, 0.6) is 0 Å². The molecule has 4 rings (SSSR count). The van der Waals surface area contributed by atoms with Crippen molar-refractivity contribution in [2.45, 2.75) is 20.4 Å². The number of aryl methyl sites for hydroxylation is 1. The van der Waals surface area contributed by atoms with Gasteiger partial charge in [-0.2, -0.15) is 10.2 Å². The number of hydrogen-bond donors (Lipinski definition) is 1. The van der Waals surface area contributed by atoms with Gasteiger partial charge in [-0.15, -0.1) is 0 Å². The van der Waals surface area contributed by atoms with Gasteiger partial charge < -0.3 is 5.32 Å². The monoisotopic (exact) mass is 389 g/mol. The van der Waals surface area contributed by atoms with Crippen LogP contribution in [-0.4, -0.2) is 25.5 Å². The summed E-state index contributed by atoms with van der Waals surface area (Å²) >= 11 is 0. The molecule has 29 heavy (non-hydrogen) atoms. The lowest BCUT2D eigenvalue weighted by molar-refractivity contribution is 0.102. The molecule has 0 saturated heterocycles. The molecule has 0 radical (unpaired) electrons. The number of amides is 1. The molecule has 0 aliphatic rings. The van der Waals surface area contributed by atoms with Gasteiger partial charge in [0.15, 0.2) is 0 Å². The van der Waals surface area contributed by atoms with E-state index in [9.17, 15) is 9.18 Å². The molecule has 0 aliphatic carbocycles. The van der Waals surface area contributed by atoms with Crippen LogP contribution in [0.2, 0.25) is 0 Å². The molecule has 4 aromatic rings. The molecular weight excluding hydrogens is 369 g/mol. The minimum atomic E-state index is -0.321. The van der Waals surface area contributed by atoms with Gasteiger partial charge in [0.1, 0.15) is 11.6 Å². The third-order valence-electron chi connectivity index (χ3n) is 4.64. The number of carbonyl (C=O) groups excluding carboxylic acids is 1. The predicted octanol–water partition coefficient (Wildman–Crippen LogP) is 4.13. The van der Waals surface area contributed by atoms with Crippen LogP contribution >= 0.6 is 0 Å². The predicted molar refractivity (Wildman–Crippen MR) is 109 cm³/mol. The van der Waals surface area contributed by atoms with Crippen LogP contribution < -0.4 is 5.32 Å². The number of benzene rings is 2. The Labute approximate surface area is 167 Å². The topological polar surface area (TPSA) is 64.7 Å². The average molecular weight is 389 g/mol. The number of aromatic nitrogens is 4. The van der Waals surface area contributed by atoms with E-state index in [1.165, 1.54) is 18.3 Å². The van der Waals surface area contributed by atoms with E-state index in [4.69, 9.17) is 0 Å². The summed E-state index contributed by atoms with van der Waals surface area (Å²) in [6.07, 6.45) is 1.51. The molecule has 2 aromatic carbocycles. The number of rotatable bonds is 5. The Morgan fingerprint density at radius 3 is 2.52 bits per heavy atom. The summed E-state index contributed by atoms with van der Waals surface area (Å²) in [6.45, 7) is 4.24. The Bertz CT molecular complexity index is 1150. The summed E-state index contributed by atoms with van der Waals surface area (Å²) in [5, 5.41) is 11.7. The lowest BCUT2D eigenvalue weighted by Crippen LogP contribution is -2.17. The van der Waals surface area contributed by atoms with E-state index in [1.54, 1.807) is 28.4 Å². The molecule has 0 saturated carbocycles. The maximum Gasteiger partial charge on any atom is 0.260 e. The van der Waals surface area contributed by atoms with E-state index in [1.807, 2.05) is 43.3 Å². The van der Waals surface area contributed by atoms with Gasteiger partial charge in [-0.1, -0.05) is 30.3 Å². The molecule has 0 atom stereocenters. The van der Waals surface area contributed by atoms with Crippen molar-refractivity contribution < 1.29 is 9.18 Å². The maximum absolute atomic E-state index is 13.2. The number of nitrogens with zero attached hydrogens (tertiary/aromatic N) is 4. The lowest BCUT2D eigenvalue weighted by Gasteiger charge is -2.09. The molecule has 0 fully saturated rings. The van der Waals surface area contributed by atoms with E-state index in [2.05, 4.69) is 15.5 Å². The summed E-state index contributed by atoms with van der Waals surface area (Å²) in [5.74, 6) is 0.0222. The molecule has 6 nitrogen and oxygen atoms in total. The first-order valence-electron chi connectivity index (χ1n) is 9.21. The van der Waals surface area contributed by atoms with Crippen LogP contribution in [-0.2, 0) is 6.54 Å². The van der Waals surface area contributed by atoms with E-state index in [0.29, 0.717) is 29.3 Å². The van der Waals surface area contributed by atoms with Gasteiger partial charge in [0.05, 0.1) is 35.4 Å². The zero-order chi connectivity index (χ0) is 20.4. The van der Waals surface area contributed by atoms with E-state index in [0.717, 1.165) is 11.3 Å². The highest BCUT2D eigenvalue weighted by atomic mass is 19.1. The van der Waals surface area contributed by atoms with Gasteiger partial charge >= 0.3 is 0 Å². The van der Waals surface area contributed by atoms with E-state index < -0.39 is 0 Å². The molecule has 2 aromatic heterocycles. The van der Waals surface area contributed by atoms with Crippen LogP contribution in [0, 0.1) is 19.7 Å². The highest BCUT2D eigenvalue weighted by Gasteiger charge is 2.17. The van der Waals surface area contributed by atoms with Crippen molar-refractivity contribution in [3.63, 3.8) is 0 Å². The standard InChI is InChI=1S/C22H20FN5O/c1-15-12-21(27(26-15)14-17-6-4-3-5-7-17)25-22(29)20-13-24-28(16(20)2)19-10-8-18(23)9-11-19/h3-13H,14H2,1-2H3,(H,25,29). The summed E-state index contributed by atoms with van der Waals surface area (Å²) in [6, 6.07) is 17.7. The third-order valence-corrected chi connectivity index (χ3v) is 4.64. The number of anilines is 1. The Kier molecular flexibility index (Phi) is 4.95. The van der Waals surface area contributed by atoms with Gasteiger partial charge in [-0.3, -0.25) is 4.79 Å². The number of halogens is 1. The zero-order valence-corrected chi connectivity index (χ0v) is 16.1. The van der Waals surface area contributed by atoms with Gasteiger partial charge in [-0.25, -0.2) is 13.8 Å². The normalized spacial score (nSPS) is 10.9. The number of nitrogens with one attached hydrogen (secondary N) is 1. The fourth-order valence-corrected chi connectivity index (χ4v) is 3.18. The Balaban J connectivity index is 1.57. The van der Waals surface area contributed by atoms with Crippen molar-refractivity contribution in [3.05, 3.63) is 95.2 Å². The van der Waals surface area contributed by atoms with Crippen molar-refractivity contribution in [2.75, 3.05) is 5.32 Å². The molecule has 1 N–H and O–H groups in total. The first-order chi connectivity index (χ1) is 14.0. The molecular formula is C22H20FN5O. The highest BCUT2D eigenvalue weighted by molar-refractivity contribution is 6.04. The summed E-state index contributed by atoms with van der Waals surface area (Å²) in [7, 11) is 0. The van der Waals surface area contributed by atoms with Crippen molar-refractivity contribution >= 4 is 11.7 Å². The quantitative estimate of drug-likeness (QED) is 0.558. The third kappa shape index (κ3) is 3.94. The Hall–Kier alpha value is -3.74. The summed E-state index contributed by atoms with van der Waals surface area (Å²) in [4.78, 5) is 12.9. The molecule has 0 aliphatic heterocycles. The smallest absolute Gasteiger partial charge is 0.260 e. The van der Waals surface area contributed by atoms with Crippen LogP contribution in [0.3, 0.4) is 0 Å². The first kappa shape index (κ1) is 18.6. The molecule has 0 spiro atoms. The van der Waals surface area contributed by atoms with Gasteiger partial charge in [0.2, 0.25) is 0 Å². The minimum absolute atomic E-state index is 0.273. The molecule has 0 unspecified atom stereocenters. The van der Waals surface area contributed by atoms with Crippen molar-refractivity contribution in [1.29, 1.82) is 0 Å². The van der Waals surface area contributed by atoms with Crippen molar-refractivity contribution in [3.8, 4) is 5.69 Å². The SMILES string of the molecule is Cc1cc(NC(=O)c2cnn(-c3ccc(F)cc3)c2C)n(Cc2ccccc2)n1. The van der Waals surface area contributed by atoms with Gasteiger partial charge in [0.25, 0.3) is 5.91 Å². The van der Waals surface area contributed by atoms with Crippen LogP contribution in [0.4, 0.5) is 10.2 Å². The summed E-state index contributed by atoms with van der Waals surface area (Å²) in [5.41, 5.74) is 3.70. The zero-order valence-electron chi connectivity index (χ0n) is 16.1. The Morgan fingerprint density at radius 2 is 1.79 bits per heavy atom. The second-order valence-electron chi connectivity index (χ2n) is 6.80. The van der Waals surface area contributed by atoms with Crippen molar-refractivity contribution in [2.24, 2.45) is 0 Å². The average Bonchev–Trinajstić information content (AvgIpc) is 3.25. The maximum atomic E-state index is 13.2. The highest BCUT2D eigenvalue weighted by Crippen LogP contribution is 2.18. The summed E-state index contributed by atoms with van der Waals surface area (Å²) < 4.78 is 16.6. The van der Waals surface area contributed by atoms with Gasteiger partial charge in [-0.05, 0) is 43.7 Å². The van der Waals surface area contributed by atoms with Gasteiger partial charge in [0, 0.05) is 6.07 Å². The molecule has 146 valence electrons. The second-order valence-corrected chi connectivity index (χ2v) is 6.80. The fraction of sp³-hybridized carbons (Fsp3) is 0.136. The minimum Gasteiger partial charge on any atom is -0.307 e. The number of carbonyl (C=O) groups is 1. The second kappa shape index (κ2) is 7.71. The molecule has 2 heterocycles. The Morgan fingerprint density at radius 1 is 1.07 bits per heavy atom.